The van der Waals surface area contributed by atoms with Crippen LogP contribution >= 0.6 is 11.6 Å². The van der Waals surface area contributed by atoms with Gasteiger partial charge in [-0.3, -0.25) is 0 Å². The quantitative estimate of drug-likeness (QED) is 0.486. The van der Waals surface area contributed by atoms with Gasteiger partial charge in [0, 0.05) is 6.20 Å². The van der Waals surface area contributed by atoms with Crippen molar-refractivity contribution in [3.63, 3.8) is 0 Å². The van der Waals surface area contributed by atoms with Crippen LogP contribution in [-0.4, -0.2) is 39.4 Å². The Bertz CT molecular complexity index is 1420. The fraction of sp³-hybridized carbons (Fsp3) is 0.100. The fourth-order valence-corrected chi connectivity index (χ4v) is 5.78. The first-order chi connectivity index (χ1) is 15.0. The van der Waals surface area contributed by atoms with Gasteiger partial charge in [-0.05, 0) is 36.8 Å². The maximum atomic E-state index is 13.7. The van der Waals surface area contributed by atoms with Crippen molar-refractivity contribution >= 4 is 50.5 Å². The number of hydrogen-bond donors (Lipinski definition) is 2. The molecule has 3 aromatic heterocycles. The van der Waals surface area contributed by atoms with Crippen molar-refractivity contribution < 1.29 is 8.42 Å². The molecule has 0 spiro atoms. The number of sulfonamides is 1. The van der Waals surface area contributed by atoms with E-state index in [9.17, 15) is 8.42 Å². The molecule has 1 atom stereocenters. The Kier molecular flexibility index (Phi) is 4.60. The summed E-state index contributed by atoms with van der Waals surface area (Å²) in [6.45, 7) is 1.84. The first kappa shape index (κ1) is 19.5. The highest BCUT2D eigenvalue weighted by molar-refractivity contribution is 7.93. The molecule has 31 heavy (non-hydrogen) atoms. The number of benzene rings is 1. The number of H-pyrrole nitrogens is 1. The third kappa shape index (κ3) is 3.20. The van der Waals surface area contributed by atoms with Crippen molar-refractivity contribution in [3.8, 4) is 0 Å². The van der Waals surface area contributed by atoms with Crippen LogP contribution < -0.4 is 9.62 Å². The molecule has 0 saturated heterocycles. The van der Waals surface area contributed by atoms with Crippen LogP contribution in [-0.2, 0) is 10.0 Å². The lowest BCUT2D eigenvalue weighted by atomic mass is 10.1. The van der Waals surface area contributed by atoms with Crippen molar-refractivity contribution in [1.29, 1.82) is 0 Å². The van der Waals surface area contributed by atoms with Crippen LogP contribution in [0.3, 0.4) is 0 Å². The van der Waals surface area contributed by atoms with E-state index in [1.54, 1.807) is 48.7 Å². The van der Waals surface area contributed by atoms with E-state index in [4.69, 9.17) is 11.6 Å². The zero-order chi connectivity index (χ0) is 21.6. The highest BCUT2D eigenvalue weighted by Crippen LogP contribution is 2.39. The Morgan fingerprint density at radius 2 is 1.97 bits per heavy atom. The lowest BCUT2D eigenvalue weighted by Gasteiger charge is -2.34. The van der Waals surface area contributed by atoms with Crippen LogP contribution in [0.1, 0.15) is 12.5 Å². The number of anilines is 2. The number of imidazole rings is 1. The van der Waals surface area contributed by atoms with Gasteiger partial charge in [-0.1, -0.05) is 29.8 Å². The Balaban J connectivity index is 1.66. The second-order valence-electron chi connectivity index (χ2n) is 6.87. The summed E-state index contributed by atoms with van der Waals surface area (Å²) < 4.78 is 28.5. The molecule has 0 fully saturated rings. The van der Waals surface area contributed by atoms with Gasteiger partial charge < -0.3 is 10.3 Å². The smallest absolute Gasteiger partial charge is 0.271 e. The first-order valence-corrected chi connectivity index (χ1v) is 11.2. The van der Waals surface area contributed by atoms with E-state index < -0.39 is 16.1 Å². The fourth-order valence-electron chi connectivity index (χ4n) is 3.54. The lowest BCUT2D eigenvalue weighted by Crippen LogP contribution is -2.40. The van der Waals surface area contributed by atoms with Gasteiger partial charge in [-0.2, -0.15) is 0 Å². The third-order valence-electron chi connectivity index (χ3n) is 4.91. The SMILES string of the molecule is C[C@H](Nc1ncnc2[nH]cnc12)C1=Cc2cccc(Cl)c2S(=O)(=O)N1c1ccccn1. The van der Waals surface area contributed by atoms with E-state index in [1.807, 2.05) is 6.92 Å². The highest BCUT2D eigenvalue weighted by Gasteiger charge is 2.38. The van der Waals surface area contributed by atoms with E-state index in [2.05, 4.69) is 30.2 Å². The number of aromatic amines is 1. The maximum absolute atomic E-state index is 13.7. The summed E-state index contributed by atoms with van der Waals surface area (Å²) in [7, 11) is -4.01. The topological polar surface area (TPSA) is 117 Å². The van der Waals surface area contributed by atoms with Gasteiger partial charge in [0.15, 0.2) is 11.5 Å². The largest absolute Gasteiger partial charge is 0.360 e. The van der Waals surface area contributed by atoms with Crippen molar-refractivity contribution in [1.82, 2.24) is 24.9 Å². The summed E-state index contributed by atoms with van der Waals surface area (Å²) in [4.78, 5) is 19.9. The van der Waals surface area contributed by atoms with Gasteiger partial charge in [0.1, 0.15) is 22.6 Å². The normalized spacial score (nSPS) is 15.9. The summed E-state index contributed by atoms with van der Waals surface area (Å²) in [5.74, 6) is 0.746. The number of nitrogens with zero attached hydrogens (tertiary/aromatic N) is 5. The van der Waals surface area contributed by atoms with Gasteiger partial charge in [0.25, 0.3) is 10.0 Å². The summed E-state index contributed by atoms with van der Waals surface area (Å²) in [5.41, 5.74) is 2.11. The average molecular weight is 454 g/mol. The summed E-state index contributed by atoms with van der Waals surface area (Å²) in [6, 6.07) is 9.61. The lowest BCUT2D eigenvalue weighted by molar-refractivity contribution is 0.591. The summed E-state index contributed by atoms with van der Waals surface area (Å²) >= 11 is 6.29. The van der Waals surface area contributed by atoms with Gasteiger partial charge >= 0.3 is 0 Å². The molecule has 156 valence electrons. The van der Waals surface area contributed by atoms with Crippen LogP contribution in [0.2, 0.25) is 5.02 Å². The Morgan fingerprint density at radius 1 is 1.10 bits per heavy atom. The number of pyridine rings is 1. The molecule has 1 aromatic carbocycles. The first-order valence-electron chi connectivity index (χ1n) is 9.34. The number of nitrogens with one attached hydrogen (secondary N) is 2. The van der Waals surface area contributed by atoms with Crippen molar-refractivity contribution in [2.75, 3.05) is 9.62 Å². The van der Waals surface area contributed by atoms with Crippen LogP contribution in [0, 0.1) is 0 Å². The third-order valence-corrected chi connectivity index (χ3v) is 7.18. The molecule has 0 amide bonds. The van der Waals surface area contributed by atoms with Gasteiger partial charge in [-0.25, -0.2) is 32.7 Å². The molecule has 0 aliphatic carbocycles. The molecule has 0 saturated carbocycles. The predicted octanol–water partition coefficient (Wildman–Crippen LogP) is 3.45. The molecule has 0 bridgehead atoms. The number of hydrogen-bond acceptors (Lipinski definition) is 7. The predicted molar refractivity (Wildman–Crippen MR) is 118 cm³/mol. The molecule has 9 nitrogen and oxygen atoms in total. The minimum atomic E-state index is -4.01. The highest BCUT2D eigenvalue weighted by atomic mass is 35.5. The van der Waals surface area contributed by atoms with Crippen LogP contribution in [0.15, 0.2) is 65.8 Å². The second kappa shape index (κ2) is 7.33. The van der Waals surface area contributed by atoms with Gasteiger partial charge in [0.05, 0.1) is 23.1 Å². The molecule has 1 aliphatic rings. The molecule has 1 aliphatic heterocycles. The van der Waals surface area contributed by atoms with Gasteiger partial charge in [0.2, 0.25) is 0 Å². The van der Waals surface area contributed by atoms with Gasteiger partial charge in [-0.15, -0.1) is 0 Å². The average Bonchev–Trinajstić information content (AvgIpc) is 3.23. The Hall–Kier alpha value is -3.50. The molecule has 5 rings (SSSR count). The van der Waals surface area contributed by atoms with E-state index >= 15 is 0 Å². The second-order valence-corrected chi connectivity index (χ2v) is 9.00. The molecule has 4 aromatic rings. The molecule has 0 radical (unpaired) electrons. The minimum Gasteiger partial charge on any atom is -0.360 e. The monoisotopic (exact) mass is 453 g/mol. The number of aromatic nitrogens is 5. The molecular formula is C20H16ClN7O2S. The molecule has 11 heteroatoms. The van der Waals surface area contributed by atoms with Crippen molar-refractivity contribution in [3.05, 3.63) is 71.5 Å². The standard InChI is InChI=1S/C20H16ClN7O2S/c1-12(27-20-17-19(24-10-23-17)25-11-26-20)15-9-13-5-4-6-14(21)18(13)31(29,30)28(15)16-7-2-3-8-22-16/h2-12H,1H3,(H2,23,24,25,26,27)/t12-/m0/s1. The van der Waals surface area contributed by atoms with E-state index in [0.29, 0.717) is 28.2 Å². The summed E-state index contributed by atoms with van der Waals surface area (Å²) in [5, 5.41) is 3.41. The minimum absolute atomic E-state index is 0.0509. The van der Waals surface area contributed by atoms with Crippen LogP contribution in [0.4, 0.5) is 11.6 Å². The van der Waals surface area contributed by atoms with Crippen molar-refractivity contribution in [2.24, 2.45) is 0 Å². The van der Waals surface area contributed by atoms with Crippen LogP contribution in [0.25, 0.3) is 17.2 Å². The zero-order valence-electron chi connectivity index (χ0n) is 16.2. The molecule has 0 unspecified atom stereocenters. The number of fused-ring (bicyclic) bond motifs is 2. The summed E-state index contributed by atoms with van der Waals surface area (Å²) in [6.07, 6.45) is 6.27. The molecule has 4 heterocycles. The van der Waals surface area contributed by atoms with E-state index in [-0.39, 0.29) is 15.7 Å². The van der Waals surface area contributed by atoms with Crippen LogP contribution in [0.5, 0.6) is 0 Å². The molecule has 2 N–H and O–H groups in total. The number of rotatable bonds is 4. The Morgan fingerprint density at radius 3 is 2.77 bits per heavy atom. The number of halogens is 1. The van der Waals surface area contributed by atoms with E-state index in [1.165, 1.54) is 17.0 Å². The van der Waals surface area contributed by atoms with E-state index in [0.717, 1.165) is 0 Å². The Labute approximate surface area is 182 Å². The maximum Gasteiger partial charge on any atom is 0.271 e. The molecular weight excluding hydrogens is 438 g/mol. The zero-order valence-corrected chi connectivity index (χ0v) is 17.8. The van der Waals surface area contributed by atoms with Crippen molar-refractivity contribution in [2.45, 2.75) is 17.9 Å².